The first kappa shape index (κ1) is 9.60. The highest BCUT2D eigenvalue weighted by molar-refractivity contribution is 6.30. The molecule has 0 fully saturated rings. The molecule has 0 radical (unpaired) electrons. The first-order chi connectivity index (χ1) is 7.84. The van der Waals surface area contributed by atoms with Crippen LogP contribution >= 0.6 is 11.6 Å². The molecule has 1 aliphatic rings. The van der Waals surface area contributed by atoms with Gasteiger partial charge in [0.1, 0.15) is 0 Å². The van der Waals surface area contributed by atoms with Gasteiger partial charge in [-0.15, -0.1) is 0 Å². The minimum atomic E-state index is 0.739. The third-order valence-electron chi connectivity index (χ3n) is 2.74. The van der Waals surface area contributed by atoms with Crippen molar-refractivity contribution in [3.8, 4) is 0 Å². The topological polar surface area (TPSA) is 29.0 Å². The van der Waals surface area contributed by atoms with Gasteiger partial charge in [-0.2, -0.15) is 0 Å². The summed E-state index contributed by atoms with van der Waals surface area (Å²) >= 11 is 6.01. The molecule has 4 heteroatoms. The maximum absolute atomic E-state index is 6.01. The molecule has 0 atom stereocenters. The number of anilines is 2. The molecule has 80 valence electrons. The van der Waals surface area contributed by atoms with Crippen LogP contribution in [0.25, 0.3) is 0 Å². The summed E-state index contributed by atoms with van der Waals surface area (Å²) in [6, 6.07) is 7.79. The van der Waals surface area contributed by atoms with Crippen LogP contribution in [0, 0.1) is 0 Å². The van der Waals surface area contributed by atoms with Crippen LogP contribution in [0.2, 0.25) is 5.02 Å². The van der Waals surface area contributed by atoms with Crippen LogP contribution in [0.1, 0.15) is 5.56 Å². The Morgan fingerprint density at radius 2 is 2.00 bits per heavy atom. The number of hydrogen-bond acceptors (Lipinski definition) is 3. The third kappa shape index (κ3) is 1.53. The van der Waals surface area contributed by atoms with E-state index >= 15 is 0 Å². The van der Waals surface area contributed by atoms with Crippen molar-refractivity contribution in [2.45, 2.75) is 6.42 Å². The van der Waals surface area contributed by atoms with E-state index in [2.05, 4.69) is 20.9 Å². The van der Waals surface area contributed by atoms with Gasteiger partial charge in [-0.1, -0.05) is 17.7 Å². The Balaban J connectivity index is 2.06. The highest BCUT2D eigenvalue weighted by Gasteiger charge is 2.21. The molecule has 16 heavy (non-hydrogen) atoms. The van der Waals surface area contributed by atoms with Crippen molar-refractivity contribution >= 4 is 23.2 Å². The number of aromatic nitrogens is 2. The molecule has 0 amide bonds. The molecule has 1 aromatic carbocycles. The maximum Gasteiger partial charge on any atom is 0.229 e. The second kappa shape index (κ2) is 3.76. The third-order valence-corrected chi connectivity index (χ3v) is 2.97. The van der Waals surface area contributed by atoms with Crippen LogP contribution < -0.4 is 4.90 Å². The van der Waals surface area contributed by atoms with E-state index in [9.17, 15) is 0 Å². The van der Waals surface area contributed by atoms with E-state index in [0.29, 0.717) is 0 Å². The molecular formula is C12H10ClN3. The lowest BCUT2D eigenvalue weighted by molar-refractivity contribution is 0.940. The molecule has 0 bridgehead atoms. The summed E-state index contributed by atoms with van der Waals surface area (Å²) in [6.45, 7) is 0.916. The van der Waals surface area contributed by atoms with Crippen molar-refractivity contribution in [2.75, 3.05) is 11.4 Å². The highest BCUT2D eigenvalue weighted by Crippen LogP contribution is 2.34. The van der Waals surface area contributed by atoms with Crippen molar-refractivity contribution in [3.63, 3.8) is 0 Å². The molecule has 2 aromatic rings. The van der Waals surface area contributed by atoms with Crippen LogP contribution in [-0.2, 0) is 6.42 Å². The molecule has 0 aliphatic carbocycles. The molecule has 0 N–H and O–H groups in total. The number of benzene rings is 1. The maximum atomic E-state index is 6.01. The standard InChI is InChI=1S/C12H10ClN3/c13-10-3-2-9-4-7-16(11(9)8-10)12-14-5-1-6-15-12/h1-3,5-6,8H,4,7H2. The lowest BCUT2D eigenvalue weighted by atomic mass is 10.2. The quantitative estimate of drug-likeness (QED) is 0.756. The lowest BCUT2D eigenvalue weighted by Gasteiger charge is -2.16. The van der Waals surface area contributed by atoms with Crippen molar-refractivity contribution in [2.24, 2.45) is 0 Å². The Morgan fingerprint density at radius 3 is 2.81 bits per heavy atom. The fraction of sp³-hybridized carbons (Fsp3) is 0.167. The van der Waals surface area contributed by atoms with E-state index in [1.165, 1.54) is 5.56 Å². The summed E-state index contributed by atoms with van der Waals surface area (Å²) in [5, 5.41) is 0.751. The smallest absolute Gasteiger partial charge is 0.229 e. The van der Waals surface area contributed by atoms with Gasteiger partial charge in [0, 0.05) is 29.6 Å². The number of halogens is 1. The van der Waals surface area contributed by atoms with Crippen molar-refractivity contribution in [1.82, 2.24) is 9.97 Å². The molecule has 2 heterocycles. The summed E-state index contributed by atoms with van der Waals surface area (Å²) in [6.07, 6.45) is 4.53. The zero-order valence-corrected chi connectivity index (χ0v) is 9.35. The first-order valence-electron chi connectivity index (χ1n) is 5.17. The van der Waals surface area contributed by atoms with Crippen LogP contribution in [0.3, 0.4) is 0 Å². The summed E-state index contributed by atoms with van der Waals surface area (Å²) < 4.78 is 0. The van der Waals surface area contributed by atoms with Gasteiger partial charge < -0.3 is 4.90 Å². The largest absolute Gasteiger partial charge is 0.310 e. The van der Waals surface area contributed by atoms with E-state index in [1.807, 2.05) is 18.2 Å². The molecule has 0 saturated carbocycles. The second-order valence-corrected chi connectivity index (χ2v) is 4.16. The zero-order chi connectivity index (χ0) is 11.0. The van der Waals surface area contributed by atoms with Crippen molar-refractivity contribution < 1.29 is 0 Å². The normalized spacial score (nSPS) is 13.9. The Bertz CT molecular complexity index is 513. The molecule has 0 unspecified atom stereocenters. The van der Waals surface area contributed by atoms with Gasteiger partial charge in [-0.05, 0) is 30.2 Å². The average Bonchev–Trinajstić information content (AvgIpc) is 2.73. The summed E-state index contributed by atoms with van der Waals surface area (Å²) in [7, 11) is 0. The van der Waals surface area contributed by atoms with Crippen LogP contribution in [0.4, 0.5) is 11.6 Å². The SMILES string of the molecule is Clc1ccc2c(c1)N(c1ncccn1)CC2. The zero-order valence-electron chi connectivity index (χ0n) is 8.60. The fourth-order valence-electron chi connectivity index (χ4n) is 1.99. The van der Waals surface area contributed by atoms with Gasteiger partial charge in [-0.3, -0.25) is 0 Å². The average molecular weight is 232 g/mol. The predicted octanol–water partition coefficient (Wildman–Crippen LogP) is 2.82. The number of nitrogens with zero attached hydrogens (tertiary/aromatic N) is 3. The summed E-state index contributed by atoms with van der Waals surface area (Å²) in [5.74, 6) is 0.739. The molecule has 1 aliphatic heterocycles. The predicted molar refractivity (Wildman–Crippen MR) is 64.2 cm³/mol. The van der Waals surface area contributed by atoms with Crippen molar-refractivity contribution in [1.29, 1.82) is 0 Å². The van der Waals surface area contributed by atoms with E-state index in [1.54, 1.807) is 12.4 Å². The highest BCUT2D eigenvalue weighted by atomic mass is 35.5. The molecule has 3 nitrogen and oxygen atoms in total. The van der Waals surface area contributed by atoms with E-state index in [4.69, 9.17) is 11.6 Å². The Hall–Kier alpha value is -1.61. The number of rotatable bonds is 1. The Labute approximate surface area is 98.7 Å². The van der Waals surface area contributed by atoms with E-state index in [-0.39, 0.29) is 0 Å². The van der Waals surface area contributed by atoms with Crippen LogP contribution in [-0.4, -0.2) is 16.5 Å². The molecule has 0 spiro atoms. The molecular weight excluding hydrogens is 222 g/mol. The van der Waals surface area contributed by atoms with Gasteiger partial charge in [0.2, 0.25) is 5.95 Å². The Morgan fingerprint density at radius 1 is 1.19 bits per heavy atom. The monoisotopic (exact) mass is 231 g/mol. The van der Waals surface area contributed by atoms with Gasteiger partial charge >= 0.3 is 0 Å². The van der Waals surface area contributed by atoms with E-state index in [0.717, 1.165) is 29.6 Å². The van der Waals surface area contributed by atoms with Crippen molar-refractivity contribution in [3.05, 3.63) is 47.2 Å². The van der Waals surface area contributed by atoms with Gasteiger partial charge in [0.15, 0.2) is 0 Å². The van der Waals surface area contributed by atoms with E-state index < -0.39 is 0 Å². The first-order valence-corrected chi connectivity index (χ1v) is 5.55. The molecule has 3 rings (SSSR count). The number of hydrogen-bond donors (Lipinski definition) is 0. The van der Waals surface area contributed by atoms with Crippen LogP contribution in [0.15, 0.2) is 36.7 Å². The minimum absolute atomic E-state index is 0.739. The number of fused-ring (bicyclic) bond motifs is 1. The van der Waals surface area contributed by atoms with Gasteiger partial charge in [0.25, 0.3) is 0 Å². The molecule has 1 aromatic heterocycles. The Kier molecular flexibility index (Phi) is 2.26. The molecule has 0 saturated heterocycles. The second-order valence-electron chi connectivity index (χ2n) is 3.72. The van der Waals surface area contributed by atoms with Gasteiger partial charge in [-0.25, -0.2) is 9.97 Å². The summed E-state index contributed by atoms with van der Waals surface area (Å²) in [5.41, 5.74) is 2.43. The minimum Gasteiger partial charge on any atom is -0.310 e. The fourth-order valence-corrected chi connectivity index (χ4v) is 2.16. The summed E-state index contributed by atoms with van der Waals surface area (Å²) in [4.78, 5) is 10.6. The van der Waals surface area contributed by atoms with Crippen LogP contribution in [0.5, 0.6) is 0 Å². The lowest BCUT2D eigenvalue weighted by Crippen LogP contribution is -2.15. The van der Waals surface area contributed by atoms with Gasteiger partial charge in [0.05, 0.1) is 0 Å².